The predicted octanol–water partition coefficient (Wildman–Crippen LogP) is 4.04. The third kappa shape index (κ3) is 5.28. The van der Waals surface area contributed by atoms with Crippen LogP contribution in [0.15, 0.2) is 71.6 Å². The van der Waals surface area contributed by atoms with Crippen molar-refractivity contribution in [2.75, 3.05) is 21.5 Å². The van der Waals surface area contributed by atoms with Crippen LogP contribution < -0.4 is 20.7 Å². The number of rotatable bonds is 7. The summed E-state index contributed by atoms with van der Waals surface area (Å²) < 4.78 is 28.4. The van der Waals surface area contributed by atoms with Crippen molar-refractivity contribution < 1.29 is 18.0 Å². The maximum absolute atomic E-state index is 13.7. The molecular formula is C24H22Cl2N4O4S. The molecule has 0 aliphatic carbocycles. The highest BCUT2D eigenvalue weighted by atomic mass is 35.5. The lowest BCUT2D eigenvalue weighted by atomic mass is 10.1. The topological polar surface area (TPSA) is 122 Å². The molecule has 0 saturated carbocycles. The first-order valence-electron chi connectivity index (χ1n) is 10.7. The van der Waals surface area contributed by atoms with Gasteiger partial charge < -0.3 is 16.4 Å². The third-order valence-electron chi connectivity index (χ3n) is 5.48. The van der Waals surface area contributed by atoms with Gasteiger partial charge in [0.05, 0.1) is 32.7 Å². The Labute approximate surface area is 213 Å². The maximum Gasteiger partial charge on any atom is 0.265 e. The Morgan fingerprint density at radius 3 is 2.43 bits per heavy atom. The van der Waals surface area contributed by atoms with Gasteiger partial charge in [0.2, 0.25) is 11.8 Å². The van der Waals surface area contributed by atoms with Gasteiger partial charge in [-0.15, -0.1) is 0 Å². The molecule has 0 bridgehead atoms. The number of para-hydroxylation sites is 2. The number of carbonyl (C=O) groups excluding carboxylic acids is 2. The second kappa shape index (κ2) is 10.2. The molecule has 1 aliphatic heterocycles. The summed E-state index contributed by atoms with van der Waals surface area (Å²) in [5, 5.41) is 5.65. The summed E-state index contributed by atoms with van der Waals surface area (Å²) in [5.74, 6) is -1.15. The fourth-order valence-electron chi connectivity index (χ4n) is 3.79. The van der Waals surface area contributed by atoms with Crippen LogP contribution in [-0.4, -0.2) is 32.8 Å². The molecule has 4 N–H and O–H groups in total. The lowest BCUT2D eigenvalue weighted by Crippen LogP contribution is -2.52. The maximum atomic E-state index is 13.7. The van der Waals surface area contributed by atoms with E-state index < -0.39 is 34.3 Å². The van der Waals surface area contributed by atoms with E-state index in [9.17, 15) is 18.0 Å². The van der Waals surface area contributed by atoms with Crippen molar-refractivity contribution in [1.29, 1.82) is 0 Å². The normalized spacial score (nSPS) is 15.3. The number of fused-ring (bicyclic) bond motifs is 1. The molecule has 4 rings (SSSR count). The second-order valence-corrected chi connectivity index (χ2v) is 10.5. The average Bonchev–Trinajstić information content (AvgIpc) is 2.82. The fraction of sp³-hybridized carbons (Fsp3) is 0.167. The smallest absolute Gasteiger partial charge is 0.265 e. The van der Waals surface area contributed by atoms with E-state index >= 15 is 0 Å². The van der Waals surface area contributed by atoms with E-state index in [1.165, 1.54) is 18.2 Å². The standard InChI is InChI=1S/C24H22Cl2N4O4S/c25-18-10-9-17(13-19(18)26)35(33,34)30-21-4-2-1-3-20(21)29-24(32)22(30)14-23(31)28-16-7-5-15(6-8-16)11-12-27/h1-10,13,22H,11-12,14,27H2,(H,28,31)(H,29,32)/t22-/m1/s1. The van der Waals surface area contributed by atoms with Crippen molar-refractivity contribution in [3.63, 3.8) is 0 Å². The van der Waals surface area contributed by atoms with Crippen LogP contribution in [-0.2, 0) is 26.0 Å². The number of hydrogen-bond acceptors (Lipinski definition) is 5. The molecule has 35 heavy (non-hydrogen) atoms. The summed E-state index contributed by atoms with van der Waals surface area (Å²) in [4.78, 5) is 25.7. The van der Waals surface area contributed by atoms with Crippen LogP contribution in [0.5, 0.6) is 0 Å². The minimum absolute atomic E-state index is 0.0508. The summed E-state index contributed by atoms with van der Waals surface area (Å²) >= 11 is 12.0. The molecule has 2 amide bonds. The number of sulfonamides is 1. The number of carbonyl (C=O) groups is 2. The monoisotopic (exact) mass is 532 g/mol. The number of amides is 2. The number of nitrogens with zero attached hydrogens (tertiary/aromatic N) is 1. The van der Waals surface area contributed by atoms with Gasteiger partial charge in [0.15, 0.2) is 0 Å². The van der Waals surface area contributed by atoms with Gasteiger partial charge in [-0.1, -0.05) is 47.5 Å². The molecule has 8 nitrogen and oxygen atoms in total. The van der Waals surface area contributed by atoms with E-state index in [1.54, 1.807) is 36.4 Å². The zero-order chi connectivity index (χ0) is 25.2. The van der Waals surface area contributed by atoms with Crippen molar-refractivity contribution in [3.8, 4) is 0 Å². The number of nitrogens with two attached hydrogens (primary N) is 1. The molecule has 182 valence electrons. The van der Waals surface area contributed by atoms with E-state index in [-0.39, 0.29) is 20.6 Å². The van der Waals surface area contributed by atoms with Crippen molar-refractivity contribution >= 4 is 62.1 Å². The quantitative estimate of drug-likeness (QED) is 0.423. The Bertz CT molecular complexity index is 1380. The van der Waals surface area contributed by atoms with Gasteiger partial charge in [-0.05, 0) is 61.0 Å². The number of anilines is 3. The van der Waals surface area contributed by atoms with Crippen molar-refractivity contribution in [3.05, 3.63) is 82.3 Å². The van der Waals surface area contributed by atoms with E-state index in [0.717, 1.165) is 9.87 Å². The van der Waals surface area contributed by atoms with E-state index in [1.807, 2.05) is 12.1 Å². The summed E-state index contributed by atoms with van der Waals surface area (Å²) in [6.45, 7) is 0.507. The van der Waals surface area contributed by atoms with E-state index in [0.29, 0.717) is 24.3 Å². The molecule has 0 fully saturated rings. The van der Waals surface area contributed by atoms with Crippen molar-refractivity contribution in [2.45, 2.75) is 23.8 Å². The first kappa shape index (κ1) is 25.0. The van der Waals surface area contributed by atoms with Crippen LogP contribution >= 0.6 is 23.2 Å². The Balaban J connectivity index is 1.67. The number of benzene rings is 3. The minimum atomic E-state index is -4.29. The van der Waals surface area contributed by atoms with Crippen LogP contribution in [0.25, 0.3) is 0 Å². The fourth-order valence-corrected chi connectivity index (χ4v) is 5.81. The highest BCUT2D eigenvalue weighted by Gasteiger charge is 2.42. The molecule has 0 saturated heterocycles. The van der Waals surface area contributed by atoms with Gasteiger partial charge in [-0.3, -0.25) is 13.9 Å². The third-order valence-corrected chi connectivity index (χ3v) is 8.04. The molecule has 11 heteroatoms. The van der Waals surface area contributed by atoms with Gasteiger partial charge in [0.25, 0.3) is 10.0 Å². The molecule has 3 aromatic rings. The Kier molecular flexibility index (Phi) is 7.32. The van der Waals surface area contributed by atoms with Gasteiger partial charge >= 0.3 is 0 Å². The first-order chi connectivity index (χ1) is 16.7. The zero-order valence-corrected chi connectivity index (χ0v) is 20.7. The zero-order valence-electron chi connectivity index (χ0n) is 18.4. The summed E-state index contributed by atoms with van der Waals surface area (Å²) in [7, 11) is -4.29. The van der Waals surface area contributed by atoms with Crippen LogP contribution in [0.1, 0.15) is 12.0 Å². The van der Waals surface area contributed by atoms with Crippen LogP contribution in [0.2, 0.25) is 10.0 Å². The lowest BCUT2D eigenvalue weighted by molar-refractivity contribution is -0.122. The molecule has 3 aromatic carbocycles. The molecule has 0 radical (unpaired) electrons. The highest BCUT2D eigenvalue weighted by Crippen LogP contribution is 2.38. The van der Waals surface area contributed by atoms with Gasteiger partial charge in [0, 0.05) is 5.69 Å². The summed E-state index contributed by atoms with van der Waals surface area (Å²) in [6, 6.07) is 16.1. The number of nitrogens with one attached hydrogen (secondary N) is 2. The largest absolute Gasteiger partial charge is 0.330 e. The SMILES string of the molecule is NCCc1ccc(NC(=O)C[C@@H]2C(=O)Nc3ccccc3N2S(=O)(=O)c2ccc(Cl)c(Cl)c2)cc1. The number of halogens is 2. The van der Waals surface area contributed by atoms with Crippen LogP contribution in [0.3, 0.4) is 0 Å². The average molecular weight is 533 g/mol. The van der Waals surface area contributed by atoms with Crippen molar-refractivity contribution in [2.24, 2.45) is 5.73 Å². The molecule has 1 heterocycles. The van der Waals surface area contributed by atoms with Crippen LogP contribution in [0.4, 0.5) is 17.1 Å². The summed E-state index contributed by atoms with van der Waals surface area (Å²) in [6.07, 6.45) is 0.294. The van der Waals surface area contributed by atoms with Gasteiger partial charge in [-0.25, -0.2) is 8.42 Å². The Morgan fingerprint density at radius 2 is 1.74 bits per heavy atom. The number of hydrogen-bond donors (Lipinski definition) is 3. The van der Waals surface area contributed by atoms with Gasteiger partial charge in [-0.2, -0.15) is 0 Å². The minimum Gasteiger partial charge on any atom is -0.330 e. The molecule has 1 atom stereocenters. The van der Waals surface area contributed by atoms with Gasteiger partial charge in [0.1, 0.15) is 6.04 Å². The van der Waals surface area contributed by atoms with Crippen molar-refractivity contribution in [1.82, 2.24) is 0 Å². The molecular weight excluding hydrogens is 511 g/mol. The second-order valence-electron chi connectivity index (χ2n) is 7.89. The summed E-state index contributed by atoms with van der Waals surface area (Å²) in [5.41, 5.74) is 7.65. The highest BCUT2D eigenvalue weighted by molar-refractivity contribution is 7.93. The Hall–Kier alpha value is -3.11. The van der Waals surface area contributed by atoms with E-state index in [2.05, 4.69) is 10.6 Å². The first-order valence-corrected chi connectivity index (χ1v) is 12.9. The lowest BCUT2D eigenvalue weighted by Gasteiger charge is -2.36. The van der Waals surface area contributed by atoms with Crippen LogP contribution in [0, 0.1) is 0 Å². The molecule has 0 aromatic heterocycles. The van der Waals surface area contributed by atoms with E-state index in [4.69, 9.17) is 28.9 Å². The predicted molar refractivity (Wildman–Crippen MR) is 137 cm³/mol. The molecule has 0 unspecified atom stereocenters. The molecule has 1 aliphatic rings. The Morgan fingerprint density at radius 1 is 1.03 bits per heavy atom. The molecule has 0 spiro atoms.